The first-order valence-corrected chi connectivity index (χ1v) is 12.1. The van der Waals surface area contributed by atoms with Gasteiger partial charge in [-0.15, -0.1) is 5.10 Å². The highest BCUT2D eigenvalue weighted by Gasteiger charge is 2.32. The van der Waals surface area contributed by atoms with E-state index in [9.17, 15) is 39.6 Å². The van der Waals surface area contributed by atoms with Crippen molar-refractivity contribution in [1.82, 2.24) is 19.2 Å². The molecule has 8 nitrogen and oxygen atoms in total. The van der Waals surface area contributed by atoms with E-state index in [0.717, 1.165) is 18.3 Å². The molecule has 196 valence electrons. The van der Waals surface area contributed by atoms with Crippen LogP contribution in [0.25, 0.3) is 22.6 Å². The van der Waals surface area contributed by atoms with E-state index >= 15 is 0 Å². The number of fused-ring (bicyclic) bond motifs is 1. The molecule has 3 heterocycles. The standard InChI is InChI=1S/C22H16F6N4O4S/c1-2-37(34,35)17-9-13(15-5-3-4-6-16(15)36-12-21(23,24)25)10-29-19(17)32-20(33)31-11-14(22(26,27)28)7-8-18(31)30-32/h3-11H,2,12H2,1H3. The number of ether oxygens (including phenoxy) is 1. The van der Waals surface area contributed by atoms with Crippen molar-refractivity contribution in [2.75, 3.05) is 12.4 Å². The normalized spacial score (nSPS) is 12.7. The van der Waals surface area contributed by atoms with Gasteiger partial charge in [-0.2, -0.15) is 31.0 Å². The fourth-order valence-electron chi connectivity index (χ4n) is 3.40. The van der Waals surface area contributed by atoms with E-state index in [-0.39, 0.29) is 22.5 Å². The Morgan fingerprint density at radius 1 is 1.03 bits per heavy atom. The lowest BCUT2D eigenvalue weighted by atomic mass is 10.1. The molecule has 0 fully saturated rings. The molecule has 0 spiro atoms. The van der Waals surface area contributed by atoms with E-state index in [1.165, 1.54) is 31.2 Å². The highest BCUT2D eigenvalue weighted by atomic mass is 32.2. The maximum absolute atomic E-state index is 13.1. The molecule has 3 aromatic heterocycles. The van der Waals surface area contributed by atoms with Gasteiger partial charge >= 0.3 is 18.0 Å². The van der Waals surface area contributed by atoms with Crippen LogP contribution in [-0.2, 0) is 16.0 Å². The molecule has 0 aliphatic heterocycles. The SMILES string of the molecule is CCS(=O)(=O)c1cc(-c2ccccc2OCC(F)(F)F)cnc1-n1nc2ccc(C(F)(F)F)cn2c1=O. The van der Waals surface area contributed by atoms with Gasteiger partial charge in [-0.25, -0.2) is 22.6 Å². The van der Waals surface area contributed by atoms with Gasteiger partial charge in [-0.05, 0) is 24.3 Å². The monoisotopic (exact) mass is 546 g/mol. The first-order chi connectivity index (χ1) is 17.2. The van der Waals surface area contributed by atoms with E-state index in [0.29, 0.717) is 21.3 Å². The summed E-state index contributed by atoms with van der Waals surface area (Å²) in [4.78, 5) is 16.4. The molecule has 0 N–H and O–H groups in total. The quantitative estimate of drug-likeness (QED) is 0.335. The summed E-state index contributed by atoms with van der Waals surface area (Å²) in [5.41, 5.74) is -2.28. The second-order valence-corrected chi connectivity index (χ2v) is 9.93. The van der Waals surface area contributed by atoms with Crippen molar-refractivity contribution in [3.05, 3.63) is 70.9 Å². The van der Waals surface area contributed by atoms with Crippen LogP contribution in [0.5, 0.6) is 5.75 Å². The van der Waals surface area contributed by atoms with Crippen molar-refractivity contribution in [1.29, 1.82) is 0 Å². The first-order valence-electron chi connectivity index (χ1n) is 10.4. The van der Waals surface area contributed by atoms with Crippen LogP contribution in [0.15, 0.2) is 64.5 Å². The van der Waals surface area contributed by atoms with E-state index in [2.05, 4.69) is 10.1 Å². The second-order valence-electron chi connectivity index (χ2n) is 7.69. The van der Waals surface area contributed by atoms with Crippen molar-refractivity contribution >= 4 is 15.5 Å². The zero-order valence-corrected chi connectivity index (χ0v) is 19.5. The van der Waals surface area contributed by atoms with Crippen molar-refractivity contribution < 1.29 is 39.5 Å². The van der Waals surface area contributed by atoms with Crippen LogP contribution in [-0.4, -0.2) is 46.1 Å². The van der Waals surface area contributed by atoms with Crippen LogP contribution >= 0.6 is 0 Å². The Kier molecular flexibility index (Phi) is 6.52. The minimum atomic E-state index is -4.74. The Morgan fingerprint density at radius 2 is 1.73 bits per heavy atom. The van der Waals surface area contributed by atoms with Crippen LogP contribution in [0, 0.1) is 0 Å². The maximum atomic E-state index is 13.1. The average molecular weight is 546 g/mol. The minimum absolute atomic E-state index is 0.0599. The molecule has 1 aromatic carbocycles. The number of para-hydroxylation sites is 1. The van der Waals surface area contributed by atoms with Gasteiger partial charge in [0.1, 0.15) is 10.6 Å². The third-order valence-electron chi connectivity index (χ3n) is 5.18. The molecule has 0 aliphatic carbocycles. The van der Waals surface area contributed by atoms with Gasteiger partial charge in [0.15, 0.2) is 27.9 Å². The van der Waals surface area contributed by atoms with Crippen LogP contribution in [0.3, 0.4) is 0 Å². The van der Waals surface area contributed by atoms with Crippen LogP contribution in [0.2, 0.25) is 0 Å². The molecule has 0 bridgehead atoms. The third kappa shape index (κ3) is 5.30. The molecular weight excluding hydrogens is 530 g/mol. The van der Waals surface area contributed by atoms with Gasteiger partial charge in [0.25, 0.3) is 0 Å². The van der Waals surface area contributed by atoms with Crippen LogP contribution in [0.4, 0.5) is 26.3 Å². The number of hydrogen-bond acceptors (Lipinski definition) is 6. The van der Waals surface area contributed by atoms with E-state index in [4.69, 9.17) is 4.74 Å². The number of hydrogen-bond donors (Lipinski definition) is 0. The Bertz CT molecular complexity index is 1640. The van der Waals surface area contributed by atoms with Crippen molar-refractivity contribution in [3.63, 3.8) is 0 Å². The third-order valence-corrected chi connectivity index (χ3v) is 6.91. The number of nitrogens with zero attached hydrogens (tertiary/aromatic N) is 4. The lowest BCUT2D eigenvalue weighted by Gasteiger charge is -2.14. The van der Waals surface area contributed by atoms with Gasteiger partial charge in [-0.1, -0.05) is 25.1 Å². The van der Waals surface area contributed by atoms with Gasteiger partial charge in [0.2, 0.25) is 0 Å². The fraction of sp³-hybridized carbons (Fsp3) is 0.227. The molecule has 0 atom stereocenters. The Morgan fingerprint density at radius 3 is 2.38 bits per heavy atom. The summed E-state index contributed by atoms with van der Waals surface area (Å²) in [7, 11) is -4.11. The molecule has 0 amide bonds. The molecule has 0 unspecified atom stereocenters. The summed E-state index contributed by atoms with van der Waals surface area (Å²) in [5.74, 6) is -1.13. The number of pyridine rings is 2. The topological polar surface area (TPSA) is 95.6 Å². The Labute approximate surface area is 204 Å². The Balaban J connectivity index is 1.89. The second kappa shape index (κ2) is 9.21. The van der Waals surface area contributed by atoms with E-state index < -0.39 is 56.5 Å². The van der Waals surface area contributed by atoms with Gasteiger partial charge < -0.3 is 4.74 Å². The van der Waals surface area contributed by atoms with Crippen molar-refractivity contribution in [2.24, 2.45) is 0 Å². The summed E-state index contributed by atoms with van der Waals surface area (Å²) >= 11 is 0. The first kappa shape index (κ1) is 26.2. The summed E-state index contributed by atoms with van der Waals surface area (Å²) < 4.78 is 109. The lowest BCUT2D eigenvalue weighted by molar-refractivity contribution is -0.153. The molecule has 15 heteroatoms. The summed E-state index contributed by atoms with van der Waals surface area (Å²) in [5, 5.41) is 3.91. The summed E-state index contributed by atoms with van der Waals surface area (Å²) in [6, 6.07) is 8.30. The van der Waals surface area contributed by atoms with E-state index in [1.807, 2.05) is 0 Å². The average Bonchev–Trinajstić information content (AvgIpc) is 3.17. The molecular formula is C22H16F6N4O4S. The largest absolute Gasteiger partial charge is 0.483 e. The Hall–Kier alpha value is -3.88. The number of sulfone groups is 1. The van der Waals surface area contributed by atoms with Crippen LogP contribution < -0.4 is 10.4 Å². The van der Waals surface area contributed by atoms with Crippen LogP contribution in [0.1, 0.15) is 12.5 Å². The molecule has 0 saturated heterocycles. The lowest BCUT2D eigenvalue weighted by Crippen LogP contribution is -2.23. The van der Waals surface area contributed by atoms with Crippen molar-refractivity contribution in [2.45, 2.75) is 24.2 Å². The molecule has 4 aromatic rings. The number of aromatic nitrogens is 4. The zero-order chi connectivity index (χ0) is 27.2. The molecule has 0 radical (unpaired) electrons. The van der Waals surface area contributed by atoms with E-state index in [1.54, 1.807) is 0 Å². The number of benzene rings is 1. The molecule has 0 aliphatic rings. The molecule has 37 heavy (non-hydrogen) atoms. The summed E-state index contributed by atoms with van der Waals surface area (Å²) in [6.45, 7) is -0.277. The number of halogens is 6. The summed E-state index contributed by atoms with van der Waals surface area (Å²) in [6.07, 6.45) is -7.74. The highest BCUT2D eigenvalue weighted by Crippen LogP contribution is 2.33. The predicted octanol–water partition coefficient (Wildman–Crippen LogP) is 4.30. The van der Waals surface area contributed by atoms with Gasteiger partial charge in [0, 0.05) is 23.5 Å². The molecule has 4 rings (SSSR count). The van der Waals surface area contributed by atoms with Crippen molar-refractivity contribution in [3.8, 4) is 22.7 Å². The van der Waals surface area contributed by atoms with Gasteiger partial charge in [0.05, 0.1) is 11.3 Å². The predicted molar refractivity (Wildman–Crippen MR) is 118 cm³/mol. The highest BCUT2D eigenvalue weighted by molar-refractivity contribution is 7.91. The molecule has 0 saturated carbocycles. The van der Waals surface area contributed by atoms with Gasteiger partial charge in [-0.3, -0.25) is 0 Å². The fourth-order valence-corrected chi connectivity index (χ4v) is 4.43. The smallest absolute Gasteiger partial charge is 0.422 e. The number of alkyl halides is 6. The maximum Gasteiger partial charge on any atom is 0.422 e. The minimum Gasteiger partial charge on any atom is -0.483 e. The zero-order valence-electron chi connectivity index (χ0n) is 18.7. The number of rotatable bonds is 6.